The highest BCUT2D eigenvalue weighted by molar-refractivity contribution is 5.39. The molecule has 2 aromatic rings. The molecule has 1 atom stereocenters. The average Bonchev–Trinajstić information content (AvgIpc) is 2.79. The highest BCUT2D eigenvalue weighted by Gasteiger charge is 2.25. The number of hydroxylamine groups is 2. The Morgan fingerprint density at radius 1 is 1.24 bits per heavy atom. The summed E-state index contributed by atoms with van der Waals surface area (Å²) in [6.45, 7) is 8.66. The Morgan fingerprint density at radius 3 is 2.56 bits per heavy atom. The van der Waals surface area contributed by atoms with Gasteiger partial charge < -0.3 is 14.7 Å². The van der Waals surface area contributed by atoms with Crippen molar-refractivity contribution >= 4 is 0 Å². The van der Waals surface area contributed by atoms with Crippen molar-refractivity contribution in [3.63, 3.8) is 0 Å². The lowest BCUT2D eigenvalue weighted by atomic mass is 10.1. The summed E-state index contributed by atoms with van der Waals surface area (Å²) >= 11 is 0. The molecule has 3 rings (SSSR count). The molecule has 0 radical (unpaired) electrons. The van der Waals surface area contributed by atoms with Crippen molar-refractivity contribution in [2.24, 2.45) is 0 Å². The number of methoxy groups -OCH3 is 1. The van der Waals surface area contributed by atoms with Crippen LogP contribution in [-0.2, 0) is 6.54 Å². The third-order valence-electron chi connectivity index (χ3n) is 4.06. The number of rotatable bonds is 3. The monoisotopic (exact) mass is 341 g/mol. The fourth-order valence-corrected chi connectivity index (χ4v) is 2.49. The van der Waals surface area contributed by atoms with Crippen molar-refractivity contribution in [2.75, 3.05) is 13.7 Å². The Hall–Kier alpha value is -2.30. The normalized spacial score (nSPS) is 16.6. The molecule has 1 aliphatic rings. The molecule has 2 aromatic carbocycles. The summed E-state index contributed by atoms with van der Waals surface area (Å²) in [5.41, 5.74) is 3.17. The predicted octanol–water partition coefficient (Wildman–Crippen LogP) is 4.99. The minimum absolute atomic E-state index is 0.264. The molecule has 0 spiro atoms. The van der Waals surface area contributed by atoms with E-state index >= 15 is 0 Å². The van der Waals surface area contributed by atoms with E-state index in [1.807, 2.05) is 55.5 Å². The molecule has 0 saturated heterocycles. The zero-order valence-electron chi connectivity index (χ0n) is 15.2. The van der Waals surface area contributed by atoms with Gasteiger partial charge in [-0.1, -0.05) is 48.9 Å². The van der Waals surface area contributed by atoms with Crippen LogP contribution in [-0.4, -0.2) is 23.9 Å². The van der Waals surface area contributed by atoms with Gasteiger partial charge in [-0.3, -0.25) is 0 Å². The van der Waals surface area contributed by atoms with Crippen LogP contribution in [0.5, 0.6) is 11.5 Å². The van der Waals surface area contributed by atoms with Gasteiger partial charge in [0.2, 0.25) is 0 Å². The number of ether oxygens (including phenoxy) is 2. The third kappa shape index (κ3) is 5.34. The second-order valence-corrected chi connectivity index (χ2v) is 6.11. The molecule has 0 aromatic heterocycles. The van der Waals surface area contributed by atoms with E-state index in [0.29, 0.717) is 13.1 Å². The van der Waals surface area contributed by atoms with E-state index in [9.17, 15) is 5.21 Å². The van der Waals surface area contributed by atoms with E-state index in [0.717, 1.165) is 29.0 Å². The van der Waals surface area contributed by atoms with E-state index < -0.39 is 0 Å². The van der Waals surface area contributed by atoms with Crippen LogP contribution >= 0.6 is 0 Å². The zero-order chi connectivity index (χ0) is 18.2. The van der Waals surface area contributed by atoms with Gasteiger partial charge in [-0.05, 0) is 25.5 Å². The summed E-state index contributed by atoms with van der Waals surface area (Å²) in [4.78, 5) is 0. The summed E-state index contributed by atoms with van der Waals surface area (Å²) in [5, 5.41) is 11.3. The second-order valence-electron chi connectivity index (χ2n) is 6.11. The maximum Gasteiger partial charge on any atom is 0.142 e. The Bertz CT molecular complexity index is 699. The topological polar surface area (TPSA) is 41.9 Å². The number of allylic oxidation sites excluding steroid dienone is 1. The van der Waals surface area contributed by atoms with E-state index in [2.05, 4.69) is 13.5 Å². The largest absolute Gasteiger partial charge is 0.496 e. The number of fused-ring (bicyclic) bond motifs is 1. The van der Waals surface area contributed by atoms with Gasteiger partial charge in [0.15, 0.2) is 0 Å². The highest BCUT2D eigenvalue weighted by atomic mass is 16.5. The third-order valence-corrected chi connectivity index (χ3v) is 4.06. The Balaban J connectivity index is 0.000000399. The van der Waals surface area contributed by atoms with Crippen LogP contribution in [0.15, 0.2) is 60.7 Å². The van der Waals surface area contributed by atoms with Gasteiger partial charge in [-0.15, -0.1) is 6.58 Å². The minimum atomic E-state index is -0.264. The molecular formula is C21H27NO3. The molecule has 1 unspecified atom stereocenters. The lowest BCUT2D eigenvalue weighted by Crippen LogP contribution is -2.25. The minimum Gasteiger partial charge on any atom is -0.496 e. The molecule has 0 aliphatic carbocycles. The summed E-state index contributed by atoms with van der Waals surface area (Å²) in [6, 6.07) is 15.5. The quantitative estimate of drug-likeness (QED) is 0.798. The van der Waals surface area contributed by atoms with Crippen molar-refractivity contribution in [3.05, 3.63) is 71.8 Å². The molecule has 134 valence electrons. The molecule has 4 nitrogen and oxygen atoms in total. The van der Waals surface area contributed by atoms with Crippen molar-refractivity contribution in [2.45, 2.75) is 32.9 Å². The summed E-state index contributed by atoms with van der Waals surface area (Å²) in [5.74, 6) is 1.57. The molecule has 4 heteroatoms. The van der Waals surface area contributed by atoms with Gasteiger partial charge in [0.05, 0.1) is 20.2 Å². The Kier molecular flexibility index (Phi) is 7.04. The van der Waals surface area contributed by atoms with E-state index in [4.69, 9.17) is 9.47 Å². The SMILES string of the molecule is C=C(C)CC.COc1ccccc1C1CN(O)Cc2ccccc2O1. The van der Waals surface area contributed by atoms with Gasteiger partial charge in [-0.2, -0.15) is 5.06 Å². The lowest BCUT2D eigenvalue weighted by Gasteiger charge is -2.21. The number of para-hydroxylation sites is 2. The van der Waals surface area contributed by atoms with Gasteiger partial charge in [0, 0.05) is 11.1 Å². The molecule has 1 heterocycles. The Morgan fingerprint density at radius 2 is 1.88 bits per heavy atom. The second kappa shape index (κ2) is 9.25. The maximum atomic E-state index is 10.0. The first kappa shape index (κ1) is 19.0. The van der Waals surface area contributed by atoms with Crippen LogP contribution in [0.3, 0.4) is 0 Å². The first-order chi connectivity index (χ1) is 12.0. The first-order valence-electron chi connectivity index (χ1n) is 8.50. The average molecular weight is 341 g/mol. The molecule has 25 heavy (non-hydrogen) atoms. The van der Waals surface area contributed by atoms with Gasteiger partial charge in [0.25, 0.3) is 0 Å². The molecule has 1 aliphatic heterocycles. The lowest BCUT2D eigenvalue weighted by molar-refractivity contribution is -0.112. The standard InChI is InChI=1S/C16H17NO3.C5H10/c1-19-15-9-5-3-7-13(15)16-11-17(18)10-12-6-2-4-8-14(12)20-16;1-4-5(2)3/h2-9,16,18H,10-11H2,1H3;2,4H2,1,3H3. The van der Waals surface area contributed by atoms with Crippen LogP contribution in [0.2, 0.25) is 0 Å². The van der Waals surface area contributed by atoms with Gasteiger partial charge >= 0.3 is 0 Å². The van der Waals surface area contributed by atoms with Crippen molar-refractivity contribution in [1.29, 1.82) is 0 Å². The van der Waals surface area contributed by atoms with Crippen LogP contribution in [0.4, 0.5) is 0 Å². The molecule has 1 N–H and O–H groups in total. The number of hydrogen-bond donors (Lipinski definition) is 1. The number of benzene rings is 2. The molecule has 0 amide bonds. The van der Waals surface area contributed by atoms with Crippen molar-refractivity contribution in [1.82, 2.24) is 5.06 Å². The van der Waals surface area contributed by atoms with Gasteiger partial charge in [-0.25, -0.2) is 0 Å². The van der Waals surface area contributed by atoms with Crippen LogP contribution in [0, 0.1) is 0 Å². The van der Waals surface area contributed by atoms with Crippen LogP contribution in [0.25, 0.3) is 0 Å². The highest BCUT2D eigenvalue weighted by Crippen LogP contribution is 2.34. The molecule has 0 fully saturated rings. The van der Waals surface area contributed by atoms with Crippen LogP contribution < -0.4 is 9.47 Å². The smallest absolute Gasteiger partial charge is 0.142 e. The Labute approximate surface area is 150 Å². The molecular weight excluding hydrogens is 314 g/mol. The summed E-state index contributed by atoms with van der Waals surface area (Å²) < 4.78 is 11.5. The van der Waals surface area contributed by atoms with Crippen molar-refractivity contribution < 1.29 is 14.7 Å². The zero-order valence-corrected chi connectivity index (χ0v) is 15.2. The molecule has 0 saturated carbocycles. The first-order valence-corrected chi connectivity index (χ1v) is 8.50. The predicted molar refractivity (Wildman–Crippen MR) is 100 cm³/mol. The van der Waals surface area contributed by atoms with Crippen LogP contribution in [0.1, 0.15) is 37.5 Å². The molecule has 0 bridgehead atoms. The number of hydrogen-bond acceptors (Lipinski definition) is 4. The number of nitrogens with zero attached hydrogens (tertiary/aromatic N) is 1. The van der Waals surface area contributed by atoms with E-state index in [1.165, 1.54) is 10.6 Å². The summed E-state index contributed by atoms with van der Waals surface area (Å²) in [6.07, 6.45) is 0.847. The fourth-order valence-electron chi connectivity index (χ4n) is 2.49. The fraction of sp³-hybridized carbons (Fsp3) is 0.333. The van der Waals surface area contributed by atoms with Gasteiger partial charge in [0.1, 0.15) is 17.6 Å². The van der Waals surface area contributed by atoms with E-state index in [1.54, 1.807) is 7.11 Å². The summed E-state index contributed by atoms with van der Waals surface area (Å²) in [7, 11) is 1.64. The van der Waals surface area contributed by atoms with Crippen molar-refractivity contribution in [3.8, 4) is 11.5 Å². The maximum absolute atomic E-state index is 10.0. The van der Waals surface area contributed by atoms with E-state index in [-0.39, 0.29) is 6.10 Å².